The van der Waals surface area contributed by atoms with Crippen molar-refractivity contribution in [1.82, 2.24) is 0 Å². The number of ether oxygens (including phenoxy) is 2. The summed E-state index contributed by atoms with van der Waals surface area (Å²) < 4.78 is 34.9. The quantitative estimate of drug-likeness (QED) is 0.521. The van der Waals surface area contributed by atoms with Crippen LogP contribution < -0.4 is 4.74 Å². The van der Waals surface area contributed by atoms with Crippen molar-refractivity contribution in [1.29, 1.82) is 0 Å². The fraction of sp³-hybridized carbons (Fsp3) is 0.500. The zero-order valence-corrected chi connectivity index (χ0v) is 12.9. The summed E-state index contributed by atoms with van der Waals surface area (Å²) in [5, 5.41) is 8.27. The van der Waals surface area contributed by atoms with Gasteiger partial charge in [0.25, 0.3) is 0 Å². The van der Waals surface area contributed by atoms with E-state index >= 15 is 0 Å². The van der Waals surface area contributed by atoms with Crippen molar-refractivity contribution in [3.05, 3.63) is 29.8 Å². The molecule has 0 aliphatic rings. The summed E-state index contributed by atoms with van der Waals surface area (Å²) in [5.74, 6) is -3.30. The minimum Gasteiger partial charge on any atom is -0.474 e. The second-order valence-electron chi connectivity index (χ2n) is 5.00. The molecule has 0 aliphatic carbocycles. The van der Waals surface area contributed by atoms with Crippen LogP contribution in [-0.4, -0.2) is 29.8 Å². The van der Waals surface area contributed by atoms with Gasteiger partial charge in [-0.05, 0) is 30.7 Å². The Bertz CT molecular complexity index is 514. The number of unbranched alkanes of at least 4 members (excludes halogenated alkanes) is 4. The van der Waals surface area contributed by atoms with Crippen molar-refractivity contribution in [2.75, 3.05) is 6.61 Å². The zero-order valence-electron chi connectivity index (χ0n) is 12.9. The predicted molar refractivity (Wildman–Crippen MR) is 78.7 cm³/mol. The average Bonchev–Trinajstić information content (AvgIpc) is 2.50. The summed E-state index contributed by atoms with van der Waals surface area (Å²) in [6, 6.07) is 4.67. The van der Waals surface area contributed by atoms with Crippen LogP contribution in [0, 0.1) is 0 Å². The molecule has 0 spiro atoms. The maximum Gasteiger partial charge on any atom is 0.501 e. The third-order valence-electron chi connectivity index (χ3n) is 3.07. The number of esters is 1. The molecule has 0 radical (unpaired) electrons. The number of benzene rings is 1. The molecule has 0 saturated carbocycles. The first-order valence-electron chi connectivity index (χ1n) is 7.44. The Morgan fingerprint density at radius 2 is 1.70 bits per heavy atom. The third-order valence-corrected chi connectivity index (χ3v) is 3.07. The lowest BCUT2D eigenvalue weighted by atomic mass is 10.2. The van der Waals surface area contributed by atoms with Crippen molar-refractivity contribution in [2.24, 2.45) is 0 Å². The van der Waals surface area contributed by atoms with Crippen LogP contribution in [0.5, 0.6) is 5.75 Å². The third kappa shape index (κ3) is 6.63. The number of rotatable bonds is 10. The lowest BCUT2D eigenvalue weighted by molar-refractivity contribution is -0.210. The van der Waals surface area contributed by atoms with Crippen LogP contribution in [0.15, 0.2) is 24.3 Å². The molecule has 7 heteroatoms. The maximum absolute atomic E-state index is 12.9. The lowest BCUT2D eigenvalue weighted by Gasteiger charge is -2.13. The second-order valence-corrected chi connectivity index (χ2v) is 5.00. The Labute approximate surface area is 133 Å². The Hall–Kier alpha value is -2.18. The summed E-state index contributed by atoms with van der Waals surface area (Å²) in [6.45, 7) is 2.41. The Morgan fingerprint density at radius 1 is 1.09 bits per heavy atom. The number of carbonyl (C=O) groups excluding carboxylic acids is 1. The molecule has 0 heterocycles. The molecule has 1 aromatic carbocycles. The van der Waals surface area contributed by atoms with Gasteiger partial charge >= 0.3 is 18.0 Å². The topological polar surface area (TPSA) is 72.8 Å². The lowest BCUT2D eigenvalue weighted by Crippen LogP contribution is -2.34. The van der Waals surface area contributed by atoms with E-state index in [-0.39, 0.29) is 11.3 Å². The number of hydrogen-bond donors (Lipinski definition) is 1. The van der Waals surface area contributed by atoms with Gasteiger partial charge in [0.1, 0.15) is 5.75 Å². The Balaban J connectivity index is 2.43. The van der Waals surface area contributed by atoms with Crippen LogP contribution in [0.25, 0.3) is 0 Å². The van der Waals surface area contributed by atoms with Crippen molar-refractivity contribution in [2.45, 2.75) is 45.1 Å². The van der Waals surface area contributed by atoms with Crippen LogP contribution in [0.1, 0.15) is 49.4 Å². The van der Waals surface area contributed by atoms with Gasteiger partial charge in [0.15, 0.2) is 0 Å². The molecule has 0 aliphatic heterocycles. The SMILES string of the molecule is CCCCCCCOC(=O)c1ccc(OC(F)(F)C(=O)O)cc1. The highest BCUT2D eigenvalue weighted by Gasteiger charge is 2.42. The first-order chi connectivity index (χ1) is 10.9. The van der Waals surface area contributed by atoms with Crippen LogP contribution in [-0.2, 0) is 9.53 Å². The van der Waals surface area contributed by atoms with Gasteiger partial charge < -0.3 is 14.6 Å². The zero-order chi connectivity index (χ0) is 17.3. The molecule has 0 fully saturated rings. The van der Waals surface area contributed by atoms with Gasteiger partial charge in [0.05, 0.1) is 12.2 Å². The van der Waals surface area contributed by atoms with E-state index in [1.165, 1.54) is 12.1 Å². The molecule has 1 N–H and O–H groups in total. The maximum atomic E-state index is 12.9. The molecule has 0 amide bonds. The molecular formula is C16H20F2O5. The van der Waals surface area contributed by atoms with Gasteiger partial charge in [0, 0.05) is 0 Å². The van der Waals surface area contributed by atoms with Gasteiger partial charge in [-0.1, -0.05) is 32.6 Å². The molecule has 1 rings (SSSR count). The standard InChI is InChI=1S/C16H20F2O5/c1-2-3-4-5-6-11-22-14(19)12-7-9-13(10-8-12)23-16(17,18)15(20)21/h7-10H,2-6,11H2,1H3,(H,20,21). The minimum atomic E-state index is -4.32. The van der Waals surface area contributed by atoms with Crippen LogP contribution in [0.4, 0.5) is 8.78 Å². The van der Waals surface area contributed by atoms with Gasteiger partial charge in [-0.3, -0.25) is 0 Å². The van der Waals surface area contributed by atoms with Crippen molar-refractivity contribution < 1.29 is 33.0 Å². The van der Waals surface area contributed by atoms with Crippen LogP contribution in [0.3, 0.4) is 0 Å². The summed E-state index contributed by atoms with van der Waals surface area (Å²) in [5.41, 5.74) is 0.185. The smallest absolute Gasteiger partial charge is 0.474 e. The van der Waals surface area contributed by atoms with Crippen LogP contribution >= 0.6 is 0 Å². The Kier molecular flexibility index (Phi) is 7.44. The highest BCUT2D eigenvalue weighted by molar-refractivity contribution is 5.89. The normalized spacial score (nSPS) is 11.1. The molecule has 0 saturated heterocycles. The highest BCUT2D eigenvalue weighted by Crippen LogP contribution is 2.22. The molecule has 0 bridgehead atoms. The summed E-state index contributed by atoms with van der Waals surface area (Å²) in [4.78, 5) is 22.0. The summed E-state index contributed by atoms with van der Waals surface area (Å²) in [7, 11) is 0. The summed E-state index contributed by atoms with van der Waals surface area (Å²) in [6.07, 6.45) is 0.819. The summed E-state index contributed by atoms with van der Waals surface area (Å²) >= 11 is 0. The molecule has 23 heavy (non-hydrogen) atoms. The number of alkyl halides is 2. The molecule has 5 nitrogen and oxygen atoms in total. The van der Waals surface area contributed by atoms with E-state index in [4.69, 9.17) is 9.84 Å². The van der Waals surface area contributed by atoms with E-state index in [0.717, 1.165) is 44.2 Å². The first kappa shape index (κ1) is 18.9. The number of hydrogen-bond acceptors (Lipinski definition) is 4. The predicted octanol–water partition coefficient (Wildman–Crippen LogP) is 3.87. The average molecular weight is 330 g/mol. The fourth-order valence-corrected chi connectivity index (χ4v) is 1.80. The largest absolute Gasteiger partial charge is 0.501 e. The molecule has 1 aromatic rings. The van der Waals surface area contributed by atoms with Gasteiger partial charge in [-0.2, -0.15) is 8.78 Å². The molecule has 0 aromatic heterocycles. The highest BCUT2D eigenvalue weighted by atomic mass is 19.3. The van der Waals surface area contributed by atoms with Crippen molar-refractivity contribution in [3.63, 3.8) is 0 Å². The number of carboxylic acid groups (broad SMARTS) is 1. The minimum absolute atomic E-state index is 0.185. The van der Waals surface area contributed by atoms with E-state index in [2.05, 4.69) is 11.7 Å². The molecular weight excluding hydrogens is 310 g/mol. The van der Waals surface area contributed by atoms with Gasteiger partial charge in [-0.15, -0.1) is 0 Å². The monoisotopic (exact) mass is 330 g/mol. The van der Waals surface area contributed by atoms with Crippen molar-refractivity contribution >= 4 is 11.9 Å². The van der Waals surface area contributed by atoms with E-state index in [0.29, 0.717) is 6.61 Å². The first-order valence-corrected chi connectivity index (χ1v) is 7.44. The van der Waals surface area contributed by atoms with Gasteiger partial charge in [0.2, 0.25) is 0 Å². The Morgan fingerprint density at radius 3 is 2.26 bits per heavy atom. The van der Waals surface area contributed by atoms with Crippen molar-refractivity contribution in [3.8, 4) is 5.75 Å². The van der Waals surface area contributed by atoms with Crippen LogP contribution in [0.2, 0.25) is 0 Å². The number of carboxylic acids is 1. The van der Waals surface area contributed by atoms with E-state index < -0.39 is 18.0 Å². The van der Waals surface area contributed by atoms with Gasteiger partial charge in [-0.25, -0.2) is 9.59 Å². The molecule has 128 valence electrons. The molecule has 0 unspecified atom stereocenters. The second kappa shape index (κ2) is 9.07. The molecule has 0 atom stereocenters. The van der Waals surface area contributed by atoms with E-state index in [1.54, 1.807) is 0 Å². The fourth-order valence-electron chi connectivity index (χ4n) is 1.80. The number of carbonyl (C=O) groups is 2. The number of aliphatic carboxylic acids is 1. The number of halogens is 2. The van der Waals surface area contributed by atoms with E-state index in [1.807, 2.05) is 0 Å². The van der Waals surface area contributed by atoms with E-state index in [9.17, 15) is 18.4 Å².